The molecule has 0 aromatic heterocycles. The zero-order valence-corrected chi connectivity index (χ0v) is 14.9. The van der Waals surface area contributed by atoms with E-state index in [0.29, 0.717) is 44.6 Å². The molecule has 1 aromatic rings. The van der Waals surface area contributed by atoms with Crippen molar-refractivity contribution < 1.29 is 22.9 Å². The van der Waals surface area contributed by atoms with Crippen LogP contribution >= 0.6 is 0 Å². The van der Waals surface area contributed by atoms with Crippen LogP contribution < -0.4 is 0 Å². The van der Waals surface area contributed by atoms with Gasteiger partial charge in [0.1, 0.15) is 16.4 Å². The number of rotatable bonds is 4. The van der Waals surface area contributed by atoms with Gasteiger partial charge in [0.25, 0.3) is 5.91 Å². The number of halogens is 1. The van der Waals surface area contributed by atoms with Gasteiger partial charge in [0, 0.05) is 45.1 Å². The number of carbonyl (C=O) groups is 2. The summed E-state index contributed by atoms with van der Waals surface area (Å²) in [5, 5.41) is 0. The van der Waals surface area contributed by atoms with Gasteiger partial charge in [0.05, 0.1) is 17.4 Å². The standard InChI is InChI=1S/C17H21FN2O4S/c1-24-10-9-20-15(21)12-25(23)17(20)5-7-19(8-6-17)16(22)13-3-2-4-14(18)11-13/h2-4,11H,5-10,12H2,1H3. The smallest absolute Gasteiger partial charge is 0.253 e. The van der Waals surface area contributed by atoms with Gasteiger partial charge in [-0.2, -0.15) is 0 Å². The van der Waals surface area contributed by atoms with Gasteiger partial charge >= 0.3 is 0 Å². The van der Waals surface area contributed by atoms with E-state index in [-0.39, 0.29) is 17.6 Å². The Labute approximate surface area is 148 Å². The predicted molar refractivity (Wildman–Crippen MR) is 90.9 cm³/mol. The van der Waals surface area contributed by atoms with Crippen LogP contribution in [0.15, 0.2) is 24.3 Å². The molecule has 0 saturated carbocycles. The van der Waals surface area contributed by atoms with Crippen molar-refractivity contribution in [2.75, 3.05) is 39.1 Å². The summed E-state index contributed by atoms with van der Waals surface area (Å²) < 4.78 is 31.0. The third kappa shape index (κ3) is 3.32. The number of benzene rings is 1. The highest BCUT2D eigenvalue weighted by atomic mass is 32.2. The van der Waals surface area contributed by atoms with Gasteiger partial charge in [-0.15, -0.1) is 0 Å². The normalized spacial score (nSPS) is 22.6. The lowest BCUT2D eigenvalue weighted by molar-refractivity contribution is -0.131. The first kappa shape index (κ1) is 18.0. The molecule has 2 amide bonds. The Balaban J connectivity index is 1.72. The molecular weight excluding hydrogens is 347 g/mol. The number of hydrogen-bond acceptors (Lipinski definition) is 4. The van der Waals surface area contributed by atoms with Crippen LogP contribution in [0.2, 0.25) is 0 Å². The molecule has 3 rings (SSSR count). The molecule has 0 N–H and O–H groups in total. The summed E-state index contributed by atoms with van der Waals surface area (Å²) in [4.78, 5) is 27.3. The highest BCUT2D eigenvalue weighted by Crippen LogP contribution is 2.37. The molecule has 0 bridgehead atoms. The molecule has 2 heterocycles. The van der Waals surface area contributed by atoms with E-state index in [9.17, 15) is 18.2 Å². The zero-order chi connectivity index (χ0) is 18.0. The van der Waals surface area contributed by atoms with Gasteiger partial charge < -0.3 is 14.5 Å². The van der Waals surface area contributed by atoms with Crippen molar-refractivity contribution in [1.82, 2.24) is 9.80 Å². The third-order valence-electron chi connectivity index (χ3n) is 4.89. The fraction of sp³-hybridized carbons (Fsp3) is 0.529. The molecule has 0 radical (unpaired) electrons. The summed E-state index contributed by atoms with van der Waals surface area (Å²) in [7, 11) is 0.275. The summed E-state index contributed by atoms with van der Waals surface area (Å²) in [6.07, 6.45) is 0.909. The van der Waals surface area contributed by atoms with Gasteiger partial charge in [0.2, 0.25) is 5.91 Å². The van der Waals surface area contributed by atoms with Crippen LogP contribution in [0.5, 0.6) is 0 Å². The number of ether oxygens (including phenoxy) is 1. The number of piperidine rings is 1. The molecular formula is C17H21FN2O4S. The summed E-state index contributed by atoms with van der Waals surface area (Å²) in [5.41, 5.74) is 0.302. The Morgan fingerprint density at radius 1 is 1.36 bits per heavy atom. The second-order valence-corrected chi connectivity index (χ2v) is 8.02. The van der Waals surface area contributed by atoms with E-state index in [1.807, 2.05) is 0 Å². The lowest BCUT2D eigenvalue weighted by Crippen LogP contribution is -2.56. The van der Waals surface area contributed by atoms with Crippen molar-refractivity contribution in [2.45, 2.75) is 17.7 Å². The Hall–Kier alpha value is -1.80. The van der Waals surface area contributed by atoms with Gasteiger partial charge in [-0.25, -0.2) is 4.39 Å². The van der Waals surface area contributed by atoms with Crippen LogP contribution in [0.1, 0.15) is 23.2 Å². The Morgan fingerprint density at radius 2 is 2.08 bits per heavy atom. The van der Waals surface area contributed by atoms with Crippen molar-refractivity contribution in [3.63, 3.8) is 0 Å². The van der Waals surface area contributed by atoms with Crippen molar-refractivity contribution in [3.05, 3.63) is 35.6 Å². The maximum absolute atomic E-state index is 13.3. The molecule has 1 aromatic carbocycles. The first-order valence-electron chi connectivity index (χ1n) is 8.21. The number of likely N-dealkylation sites (tertiary alicyclic amines) is 1. The number of nitrogens with zero attached hydrogens (tertiary/aromatic N) is 2. The minimum atomic E-state index is -1.28. The van der Waals surface area contributed by atoms with E-state index in [4.69, 9.17) is 4.74 Å². The minimum absolute atomic E-state index is 0.0293. The maximum atomic E-state index is 13.3. The molecule has 25 heavy (non-hydrogen) atoms. The van der Waals surface area contributed by atoms with Gasteiger partial charge in [-0.05, 0) is 18.2 Å². The van der Waals surface area contributed by atoms with Crippen LogP contribution in [-0.4, -0.2) is 69.8 Å². The maximum Gasteiger partial charge on any atom is 0.253 e. The molecule has 2 aliphatic heterocycles. The second-order valence-electron chi connectivity index (χ2n) is 6.28. The Morgan fingerprint density at radius 3 is 2.72 bits per heavy atom. The van der Waals surface area contributed by atoms with Crippen LogP contribution in [0.25, 0.3) is 0 Å². The molecule has 2 aliphatic rings. The molecule has 8 heteroatoms. The third-order valence-corrected chi connectivity index (χ3v) is 6.88. The van der Waals surface area contributed by atoms with E-state index in [2.05, 4.69) is 0 Å². The van der Waals surface area contributed by atoms with E-state index in [1.165, 1.54) is 18.2 Å². The minimum Gasteiger partial charge on any atom is -0.383 e. The number of hydrogen-bond donors (Lipinski definition) is 0. The van der Waals surface area contributed by atoms with E-state index < -0.39 is 21.5 Å². The van der Waals surface area contributed by atoms with Gasteiger partial charge in [0.15, 0.2) is 0 Å². The van der Waals surface area contributed by atoms with E-state index >= 15 is 0 Å². The van der Waals surface area contributed by atoms with Crippen LogP contribution in [0.4, 0.5) is 4.39 Å². The van der Waals surface area contributed by atoms with E-state index in [0.717, 1.165) is 0 Å². The predicted octanol–water partition coefficient (Wildman–Crippen LogP) is 0.995. The Kier molecular flexibility index (Phi) is 5.19. The lowest BCUT2D eigenvalue weighted by Gasteiger charge is -2.43. The molecule has 1 atom stereocenters. The molecule has 0 aliphatic carbocycles. The van der Waals surface area contributed by atoms with Crippen LogP contribution in [0.3, 0.4) is 0 Å². The molecule has 1 spiro atoms. The van der Waals surface area contributed by atoms with Crippen molar-refractivity contribution in [1.29, 1.82) is 0 Å². The van der Waals surface area contributed by atoms with Crippen molar-refractivity contribution in [3.8, 4) is 0 Å². The average Bonchev–Trinajstić information content (AvgIpc) is 2.83. The summed E-state index contributed by atoms with van der Waals surface area (Å²) in [6.45, 7) is 1.56. The SMILES string of the molecule is COCCN1C(=O)CS(=O)C12CCN(C(=O)c1cccc(F)c1)CC2. The molecule has 136 valence electrons. The monoisotopic (exact) mass is 368 g/mol. The first-order chi connectivity index (χ1) is 12.0. The molecule has 2 fully saturated rings. The van der Waals surface area contributed by atoms with Crippen molar-refractivity contribution in [2.24, 2.45) is 0 Å². The lowest BCUT2D eigenvalue weighted by atomic mass is 10.0. The van der Waals surface area contributed by atoms with Crippen LogP contribution in [-0.2, 0) is 20.3 Å². The Bertz CT molecular complexity index is 704. The van der Waals surface area contributed by atoms with Crippen LogP contribution in [0, 0.1) is 5.82 Å². The average molecular weight is 368 g/mol. The molecule has 2 saturated heterocycles. The van der Waals surface area contributed by atoms with Crippen molar-refractivity contribution >= 4 is 22.6 Å². The number of amides is 2. The fourth-order valence-corrected chi connectivity index (χ4v) is 5.27. The summed E-state index contributed by atoms with van der Waals surface area (Å²) in [6, 6.07) is 5.60. The first-order valence-corrected chi connectivity index (χ1v) is 9.52. The fourth-order valence-electron chi connectivity index (χ4n) is 3.55. The van der Waals surface area contributed by atoms with Gasteiger partial charge in [-0.3, -0.25) is 13.8 Å². The quantitative estimate of drug-likeness (QED) is 0.795. The second kappa shape index (κ2) is 7.21. The highest BCUT2D eigenvalue weighted by Gasteiger charge is 2.52. The summed E-state index contributed by atoms with van der Waals surface area (Å²) in [5.74, 6) is -0.789. The number of carbonyl (C=O) groups excluding carboxylic acids is 2. The molecule has 6 nitrogen and oxygen atoms in total. The topological polar surface area (TPSA) is 66.9 Å². The van der Waals surface area contributed by atoms with E-state index in [1.54, 1.807) is 23.0 Å². The highest BCUT2D eigenvalue weighted by molar-refractivity contribution is 7.87. The largest absolute Gasteiger partial charge is 0.383 e. The summed E-state index contributed by atoms with van der Waals surface area (Å²) >= 11 is 0. The number of methoxy groups -OCH3 is 1. The molecule has 1 unspecified atom stereocenters. The van der Waals surface area contributed by atoms with Gasteiger partial charge in [-0.1, -0.05) is 6.07 Å². The zero-order valence-electron chi connectivity index (χ0n) is 14.1.